The van der Waals surface area contributed by atoms with Gasteiger partial charge in [0.1, 0.15) is 0 Å². The summed E-state index contributed by atoms with van der Waals surface area (Å²) in [4.78, 5) is 25.0. The van der Waals surface area contributed by atoms with Gasteiger partial charge in [-0.2, -0.15) is 0 Å². The fourth-order valence-corrected chi connectivity index (χ4v) is 2.93. The second-order valence-corrected chi connectivity index (χ2v) is 5.54. The molecule has 0 saturated carbocycles. The number of aliphatic carboxylic acids is 1. The Bertz CT molecular complexity index is 374. The Labute approximate surface area is 119 Å². The van der Waals surface area contributed by atoms with Crippen LogP contribution >= 0.6 is 0 Å². The highest BCUT2D eigenvalue weighted by molar-refractivity contribution is 5.78. The molecule has 0 unspecified atom stereocenters. The van der Waals surface area contributed by atoms with E-state index < -0.39 is 5.97 Å². The van der Waals surface area contributed by atoms with Crippen molar-refractivity contribution in [2.75, 3.05) is 19.8 Å². The predicted octanol–water partition coefficient (Wildman–Crippen LogP) is 1.83. The van der Waals surface area contributed by atoms with Crippen LogP contribution in [0.25, 0.3) is 0 Å². The molecule has 1 aliphatic carbocycles. The Morgan fingerprint density at radius 1 is 1.25 bits per heavy atom. The monoisotopic (exact) mass is 281 g/mol. The van der Waals surface area contributed by atoms with Crippen LogP contribution in [-0.4, -0.2) is 47.7 Å². The maximum Gasteiger partial charge on any atom is 0.305 e. The van der Waals surface area contributed by atoms with Crippen molar-refractivity contribution in [2.24, 2.45) is 5.92 Å². The molecule has 2 aliphatic rings. The van der Waals surface area contributed by atoms with E-state index in [1.807, 2.05) is 0 Å². The van der Waals surface area contributed by atoms with E-state index in [1.165, 1.54) is 0 Å². The summed E-state index contributed by atoms with van der Waals surface area (Å²) in [5, 5.41) is 8.85. The topological polar surface area (TPSA) is 66.8 Å². The summed E-state index contributed by atoms with van der Waals surface area (Å²) in [5.41, 5.74) is 0. The Kier molecular flexibility index (Phi) is 5.59. The second kappa shape index (κ2) is 7.43. The molecule has 2 rings (SSSR count). The molecule has 1 aliphatic heterocycles. The van der Waals surface area contributed by atoms with E-state index in [-0.39, 0.29) is 18.4 Å². The minimum absolute atomic E-state index is 0.0175. The molecule has 1 amide bonds. The van der Waals surface area contributed by atoms with Gasteiger partial charge in [0.25, 0.3) is 0 Å². The summed E-state index contributed by atoms with van der Waals surface area (Å²) in [6.07, 6.45) is 8.46. The highest BCUT2D eigenvalue weighted by Crippen LogP contribution is 2.23. The summed E-state index contributed by atoms with van der Waals surface area (Å²) < 4.78 is 5.32. The van der Waals surface area contributed by atoms with Crippen molar-refractivity contribution in [3.63, 3.8) is 0 Å². The van der Waals surface area contributed by atoms with E-state index in [9.17, 15) is 9.59 Å². The van der Waals surface area contributed by atoms with E-state index in [4.69, 9.17) is 9.84 Å². The number of hydrogen-bond donors (Lipinski definition) is 1. The lowest BCUT2D eigenvalue weighted by molar-refractivity contribution is -0.140. The second-order valence-electron chi connectivity index (χ2n) is 5.54. The van der Waals surface area contributed by atoms with Crippen molar-refractivity contribution in [3.8, 4) is 0 Å². The summed E-state index contributed by atoms with van der Waals surface area (Å²) in [6.45, 7) is 1.63. The van der Waals surface area contributed by atoms with E-state index in [0.29, 0.717) is 32.1 Å². The summed E-state index contributed by atoms with van der Waals surface area (Å²) in [5.74, 6) is -0.431. The highest BCUT2D eigenvalue weighted by atomic mass is 16.5. The van der Waals surface area contributed by atoms with Gasteiger partial charge in [-0.25, -0.2) is 0 Å². The summed E-state index contributed by atoms with van der Waals surface area (Å²) in [6, 6.07) is 0.140. The molecule has 0 bridgehead atoms. The minimum atomic E-state index is -0.851. The fraction of sp³-hybridized carbons (Fsp3) is 0.733. The van der Waals surface area contributed by atoms with Gasteiger partial charge >= 0.3 is 5.97 Å². The molecule has 112 valence electrons. The fourth-order valence-electron chi connectivity index (χ4n) is 2.93. The third-order valence-electron chi connectivity index (χ3n) is 4.07. The number of carbonyl (C=O) groups excluding carboxylic acids is 1. The lowest BCUT2D eigenvalue weighted by Gasteiger charge is -2.34. The van der Waals surface area contributed by atoms with Crippen LogP contribution in [0.4, 0.5) is 0 Å². The van der Waals surface area contributed by atoms with Gasteiger partial charge in [0, 0.05) is 32.2 Å². The quantitative estimate of drug-likeness (QED) is 0.754. The van der Waals surface area contributed by atoms with Crippen molar-refractivity contribution in [2.45, 2.75) is 44.6 Å². The van der Waals surface area contributed by atoms with Gasteiger partial charge in [0.15, 0.2) is 0 Å². The maximum absolute atomic E-state index is 12.5. The van der Waals surface area contributed by atoms with Gasteiger partial charge in [-0.05, 0) is 31.6 Å². The van der Waals surface area contributed by atoms with Crippen LogP contribution in [0.2, 0.25) is 0 Å². The molecule has 5 heteroatoms. The number of carbonyl (C=O) groups is 2. The van der Waals surface area contributed by atoms with Gasteiger partial charge < -0.3 is 14.7 Å². The van der Waals surface area contributed by atoms with Gasteiger partial charge in [0.05, 0.1) is 6.42 Å². The number of hydrogen-bond acceptors (Lipinski definition) is 3. The first kappa shape index (κ1) is 15.0. The Balaban J connectivity index is 1.93. The third-order valence-corrected chi connectivity index (χ3v) is 4.07. The zero-order chi connectivity index (χ0) is 14.4. The number of nitrogens with zero attached hydrogens (tertiary/aromatic N) is 1. The van der Waals surface area contributed by atoms with Gasteiger partial charge in [0.2, 0.25) is 5.91 Å². The van der Waals surface area contributed by atoms with E-state index in [2.05, 4.69) is 12.2 Å². The van der Waals surface area contributed by atoms with Crippen LogP contribution < -0.4 is 0 Å². The summed E-state index contributed by atoms with van der Waals surface area (Å²) >= 11 is 0. The first-order valence-electron chi connectivity index (χ1n) is 7.42. The first-order chi connectivity index (χ1) is 9.66. The number of carboxylic acids is 1. The molecular weight excluding hydrogens is 258 g/mol. The normalized spacial score (nSPS) is 22.9. The van der Waals surface area contributed by atoms with Crippen LogP contribution in [0.3, 0.4) is 0 Å². The van der Waals surface area contributed by atoms with Crippen LogP contribution in [-0.2, 0) is 14.3 Å². The molecule has 0 radical (unpaired) electrons. The molecular formula is C15H23NO4. The average Bonchev–Trinajstić information content (AvgIpc) is 2.92. The molecule has 0 spiro atoms. The first-order valence-corrected chi connectivity index (χ1v) is 7.42. The number of rotatable bonds is 6. The van der Waals surface area contributed by atoms with Crippen LogP contribution in [0, 0.1) is 5.92 Å². The third kappa shape index (κ3) is 4.34. The Morgan fingerprint density at radius 3 is 2.60 bits per heavy atom. The van der Waals surface area contributed by atoms with E-state index >= 15 is 0 Å². The van der Waals surface area contributed by atoms with Crippen molar-refractivity contribution < 1.29 is 19.4 Å². The number of ether oxygens (including phenoxy) is 1. The van der Waals surface area contributed by atoms with Crippen LogP contribution in [0.5, 0.6) is 0 Å². The van der Waals surface area contributed by atoms with Gasteiger partial charge in [-0.3, -0.25) is 9.59 Å². The van der Waals surface area contributed by atoms with E-state index in [0.717, 1.165) is 25.7 Å². The molecule has 1 heterocycles. The molecule has 1 fully saturated rings. The number of carboxylic acid groups (broad SMARTS) is 1. The summed E-state index contributed by atoms with van der Waals surface area (Å²) in [7, 11) is 0. The number of allylic oxidation sites excluding steroid dienone is 2. The van der Waals surface area contributed by atoms with Crippen molar-refractivity contribution >= 4 is 11.9 Å². The smallest absolute Gasteiger partial charge is 0.305 e. The molecule has 1 atom stereocenters. The standard InChI is InChI=1S/C15H23NO4/c17-14(11-12-3-1-2-4-12)16(8-5-15(18)19)13-6-9-20-10-7-13/h1,3,12-13H,2,4-11H2,(H,18,19)/t12-/m1/s1. The average molecular weight is 281 g/mol. The van der Waals surface area contributed by atoms with Crippen molar-refractivity contribution in [3.05, 3.63) is 12.2 Å². The van der Waals surface area contributed by atoms with E-state index in [1.54, 1.807) is 4.90 Å². The zero-order valence-corrected chi connectivity index (χ0v) is 11.8. The highest BCUT2D eigenvalue weighted by Gasteiger charge is 2.27. The van der Waals surface area contributed by atoms with Crippen molar-refractivity contribution in [1.29, 1.82) is 0 Å². The Hall–Kier alpha value is -1.36. The minimum Gasteiger partial charge on any atom is -0.481 e. The van der Waals surface area contributed by atoms with Crippen LogP contribution in [0.1, 0.15) is 38.5 Å². The van der Waals surface area contributed by atoms with Gasteiger partial charge in [-0.1, -0.05) is 12.2 Å². The predicted molar refractivity (Wildman–Crippen MR) is 74.3 cm³/mol. The molecule has 0 aromatic rings. The lowest BCUT2D eigenvalue weighted by atomic mass is 10.0. The molecule has 1 saturated heterocycles. The lowest BCUT2D eigenvalue weighted by Crippen LogP contribution is -2.44. The molecule has 1 N–H and O–H groups in total. The number of amides is 1. The molecule has 0 aromatic carbocycles. The Morgan fingerprint density at radius 2 is 2.00 bits per heavy atom. The molecule has 20 heavy (non-hydrogen) atoms. The van der Waals surface area contributed by atoms with Gasteiger partial charge in [-0.15, -0.1) is 0 Å². The molecule has 0 aromatic heterocycles. The van der Waals surface area contributed by atoms with Crippen LogP contribution in [0.15, 0.2) is 12.2 Å². The van der Waals surface area contributed by atoms with Crippen molar-refractivity contribution in [1.82, 2.24) is 4.90 Å². The SMILES string of the molecule is O=C(O)CCN(C(=O)C[C@@H]1C=CCC1)C1CCOCC1. The zero-order valence-electron chi connectivity index (χ0n) is 11.8. The molecule has 5 nitrogen and oxygen atoms in total. The largest absolute Gasteiger partial charge is 0.481 e. The maximum atomic E-state index is 12.5.